The molecule has 2 aromatic heterocycles. The van der Waals surface area contributed by atoms with Gasteiger partial charge in [0.2, 0.25) is 5.88 Å². The third kappa shape index (κ3) is 2.24. The van der Waals surface area contributed by atoms with Gasteiger partial charge in [-0.3, -0.25) is 4.79 Å². The molecule has 0 saturated heterocycles. The lowest BCUT2D eigenvalue weighted by Gasteiger charge is -2.16. The van der Waals surface area contributed by atoms with Crippen LogP contribution in [0.1, 0.15) is 29.3 Å². The molecule has 0 fully saturated rings. The lowest BCUT2D eigenvalue weighted by molar-refractivity contribution is -0.139. The van der Waals surface area contributed by atoms with Crippen molar-refractivity contribution in [3.05, 3.63) is 22.7 Å². The van der Waals surface area contributed by atoms with Gasteiger partial charge in [-0.05, 0) is 25.3 Å². The molecule has 104 valence electrons. The van der Waals surface area contributed by atoms with Crippen LogP contribution in [0.25, 0.3) is 10.7 Å². The van der Waals surface area contributed by atoms with E-state index in [2.05, 4.69) is 15.2 Å². The van der Waals surface area contributed by atoms with Crippen LogP contribution in [0.4, 0.5) is 0 Å². The minimum atomic E-state index is -0.802. The predicted octanol–water partition coefficient (Wildman–Crippen LogP) is 2.11. The van der Waals surface area contributed by atoms with Crippen LogP contribution in [0.2, 0.25) is 0 Å². The summed E-state index contributed by atoms with van der Waals surface area (Å²) in [5.41, 5.74) is 1.34. The molecule has 0 aromatic carbocycles. The Kier molecular flexibility index (Phi) is 3.35. The van der Waals surface area contributed by atoms with Crippen molar-refractivity contribution < 1.29 is 14.6 Å². The Bertz CT molecular complexity index is 639. The highest BCUT2D eigenvalue weighted by Gasteiger charge is 2.30. The zero-order chi connectivity index (χ0) is 14.1. The van der Waals surface area contributed by atoms with Crippen molar-refractivity contribution in [1.29, 1.82) is 0 Å². The molecular weight excluding hydrogens is 278 g/mol. The van der Waals surface area contributed by atoms with Crippen LogP contribution in [-0.2, 0) is 11.2 Å². The fraction of sp³-hybridized carbons (Fsp3) is 0.385. The van der Waals surface area contributed by atoms with E-state index in [1.54, 1.807) is 12.1 Å². The number of carboxylic acid groups (broad SMARTS) is 1. The summed E-state index contributed by atoms with van der Waals surface area (Å²) in [5, 5.41) is 17.9. The Hall–Kier alpha value is -2.02. The monoisotopic (exact) mass is 291 g/mol. The van der Waals surface area contributed by atoms with Gasteiger partial charge in [-0.15, -0.1) is 21.5 Å². The van der Waals surface area contributed by atoms with Gasteiger partial charge in [0.15, 0.2) is 0 Å². The fourth-order valence-electron chi connectivity index (χ4n) is 2.31. The Labute approximate surface area is 119 Å². The van der Waals surface area contributed by atoms with E-state index < -0.39 is 11.9 Å². The second-order valence-electron chi connectivity index (χ2n) is 4.57. The number of aryl methyl sites for hydroxylation is 1. The minimum absolute atomic E-state index is 0.443. The van der Waals surface area contributed by atoms with E-state index in [4.69, 9.17) is 4.74 Å². The number of fused-ring (bicyclic) bond motifs is 1. The molecule has 7 heteroatoms. The van der Waals surface area contributed by atoms with Crippen molar-refractivity contribution in [2.75, 3.05) is 7.11 Å². The molecule has 0 bridgehead atoms. The van der Waals surface area contributed by atoms with Crippen LogP contribution in [-0.4, -0.2) is 33.4 Å². The largest absolute Gasteiger partial charge is 0.481 e. The van der Waals surface area contributed by atoms with Gasteiger partial charge in [-0.2, -0.15) is 0 Å². The van der Waals surface area contributed by atoms with Crippen LogP contribution < -0.4 is 4.74 Å². The maximum Gasteiger partial charge on any atom is 0.312 e. The van der Waals surface area contributed by atoms with Crippen LogP contribution in [0, 0.1) is 0 Å². The summed E-state index contributed by atoms with van der Waals surface area (Å²) in [7, 11) is 1.53. The maximum absolute atomic E-state index is 11.3. The number of ether oxygens (including phenoxy) is 1. The van der Waals surface area contributed by atoms with Gasteiger partial charge in [0.25, 0.3) is 0 Å². The quantitative estimate of drug-likeness (QED) is 0.932. The highest BCUT2D eigenvalue weighted by atomic mass is 32.1. The molecule has 0 spiro atoms. The smallest absolute Gasteiger partial charge is 0.312 e. The van der Waals surface area contributed by atoms with E-state index in [-0.39, 0.29) is 0 Å². The maximum atomic E-state index is 11.3. The topological polar surface area (TPSA) is 85.2 Å². The number of thiazole rings is 1. The van der Waals surface area contributed by atoms with Crippen LogP contribution in [0.5, 0.6) is 5.88 Å². The SMILES string of the molecule is COc1ccc(-c2nc3c(s2)CCCC3C(=O)O)nn1. The number of aliphatic carboxylic acids is 1. The molecule has 1 aliphatic rings. The summed E-state index contributed by atoms with van der Waals surface area (Å²) in [6.45, 7) is 0. The third-order valence-electron chi connectivity index (χ3n) is 3.32. The summed E-state index contributed by atoms with van der Waals surface area (Å²) < 4.78 is 4.97. The normalized spacial score (nSPS) is 17.6. The molecule has 0 amide bonds. The van der Waals surface area contributed by atoms with Crippen molar-refractivity contribution in [2.24, 2.45) is 0 Å². The first kappa shape index (κ1) is 13.0. The highest BCUT2D eigenvalue weighted by Crippen LogP contribution is 2.37. The van der Waals surface area contributed by atoms with E-state index >= 15 is 0 Å². The standard InChI is InChI=1S/C13H13N3O3S/c1-19-10-6-5-8(15-16-10)12-14-11-7(13(17)18)3-2-4-9(11)20-12/h5-7H,2-4H2,1H3,(H,17,18). The molecule has 1 unspecified atom stereocenters. The summed E-state index contributed by atoms with van der Waals surface area (Å²) in [6.07, 6.45) is 2.43. The minimum Gasteiger partial charge on any atom is -0.481 e. The van der Waals surface area contributed by atoms with Gasteiger partial charge in [-0.1, -0.05) is 0 Å². The van der Waals surface area contributed by atoms with E-state index in [9.17, 15) is 9.90 Å². The average Bonchev–Trinajstić information content (AvgIpc) is 2.90. The van der Waals surface area contributed by atoms with Crippen LogP contribution >= 0.6 is 11.3 Å². The van der Waals surface area contributed by atoms with Crippen molar-refractivity contribution in [2.45, 2.75) is 25.2 Å². The number of rotatable bonds is 3. The second-order valence-corrected chi connectivity index (χ2v) is 5.66. The molecule has 20 heavy (non-hydrogen) atoms. The van der Waals surface area contributed by atoms with Gasteiger partial charge in [0.05, 0.1) is 12.8 Å². The first-order chi connectivity index (χ1) is 9.69. The van der Waals surface area contributed by atoms with Crippen molar-refractivity contribution in [3.8, 4) is 16.6 Å². The van der Waals surface area contributed by atoms with E-state index in [0.29, 0.717) is 23.7 Å². The number of hydrogen-bond donors (Lipinski definition) is 1. The summed E-state index contributed by atoms with van der Waals surface area (Å²) in [4.78, 5) is 16.8. The molecule has 1 atom stereocenters. The predicted molar refractivity (Wildman–Crippen MR) is 73.0 cm³/mol. The van der Waals surface area contributed by atoms with Gasteiger partial charge < -0.3 is 9.84 Å². The number of carbonyl (C=O) groups is 1. The van der Waals surface area contributed by atoms with Crippen molar-refractivity contribution >= 4 is 17.3 Å². The molecule has 1 aliphatic carbocycles. The number of hydrogen-bond acceptors (Lipinski definition) is 6. The summed E-state index contributed by atoms with van der Waals surface area (Å²) in [6, 6.07) is 3.50. The molecule has 1 N–H and O–H groups in total. The number of methoxy groups -OCH3 is 1. The Morgan fingerprint density at radius 2 is 2.30 bits per heavy atom. The molecule has 6 nitrogen and oxygen atoms in total. The number of aromatic nitrogens is 3. The van der Waals surface area contributed by atoms with Crippen LogP contribution in [0.3, 0.4) is 0 Å². The highest BCUT2D eigenvalue weighted by molar-refractivity contribution is 7.15. The zero-order valence-electron chi connectivity index (χ0n) is 10.9. The van der Waals surface area contributed by atoms with Gasteiger partial charge in [0, 0.05) is 10.9 Å². The Balaban J connectivity index is 1.97. The zero-order valence-corrected chi connectivity index (χ0v) is 11.7. The molecule has 2 heterocycles. The van der Waals surface area contributed by atoms with Crippen molar-refractivity contribution in [3.63, 3.8) is 0 Å². The molecule has 0 saturated carbocycles. The van der Waals surface area contributed by atoms with Gasteiger partial charge in [0.1, 0.15) is 16.6 Å². The van der Waals surface area contributed by atoms with Gasteiger partial charge in [-0.25, -0.2) is 4.98 Å². The molecule has 2 aromatic rings. The van der Waals surface area contributed by atoms with E-state index in [1.165, 1.54) is 18.4 Å². The fourth-order valence-corrected chi connectivity index (χ4v) is 3.44. The Morgan fingerprint density at radius 1 is 1.45 bits per heavy atom. The molecule has 0 radical (unpaired) electrons. The first-order valence-corrected chi connectivity index (χ1v) is 7.11. The summed E-state index contributed by atoms with van der Waals surface area (Å²) in [5.74, 6) is -0.850. The summed E-state index contributed by atoms with van der Waals surface area (Å²) >= 11 is 1.51. The number of nitrogens with zero attached hydrogens (tertiary/aromatic N) is 3. The van der Waals surface area contributed by atoms with E-state index in [0.717, 1.165) is 22.7 Å². The second kappa shape index (κ2) is 5.16. The molecular formula is C13H13N3O3S. The van der Waals surface area contributed by atoms with Gasteiger partial charge >= 0.3 is 5.97 Å². The Morgan fingerprint density at radius 3 is 2.95 bits per heavy atom. The number of carboxylic acids is 1. The lowest BCUT2D eigenvalue weighted by atomic mass is 9.91. The van der Waals surface area contributed by atoms with Crippen LogP contribution in [0.15, 0.2) is 12.1 Å². The lowest BCUT2D eigenvalue weighted by Crippen LogP contribution is -2.17. The molecule has 3 rings (SSSR count). The average molecular weight is 291 g/mol. The molecule has 0 aliphatic heterocycles. The van der Waals surface area contributed by atoms with Crippen molar-refractivity contribution in [1.82, 2.24) is 15.2 Å². The van der Waals surface area contributed by atoms with E-state index in [1.807, 2.05) is 0 Å². The third-order valence-corrected chi connectivity index (χ3v) is 4.47. The first-order valence-electron chi connectivity index (χ1n) is 6.29.